The Morgan fingerprint density at radius 1 is 0.903 bits per heavy atom. The molecule has 1 saturated heterocycles. The van der Waals surface area contributed by atoms with Crippen LogP contribution in [0.25, 0.3) is 6.08 Å². The Balaban J connectivity index is 1.47. The SMILES string of the molecule is Cc1ccc(COc2ccc(/C=C3\SC(=O)N(c4cccc(C)c4C)C3=O)cc2)cc1. The van der Waals surface area contributed by atoms with Gasteiger partial charge < -0.3 is 4.74 Å². The first kappa shape index (κ1) is 20.9. The highest BCUT2D eigenvalue weighted by molar-refractivity contribution is 8.19. The molecule has 2 amide bonds. The second-order valence-electron chi connectivity index (χ2n) is 7.58. The number of thioether (sulfide) groups is 1. The Labute approximate surface area is 186 Å². The summed E-state index contributed by atoms with van der Waals surface area (Å²) in [5.74, 6) is 0.463. The summed E-state index contributed by atoms with van der Waals surface area (Å²) in [4.78, 5) is 27.2. The van der Waals surface area contributed by atoms with E-state index in [9.17, 15) is 9.59 Å². The molecule has 0 unspecified atom stereocenters. The molecule has 0 saturated carbocycles. The molecule has 0 N–H and O–H groups in total. The molecular formula is C26H23NO3S. The van der Waals surface area contributed by atoms with E-state index in [1.807, 2.05) is 56.3 Å². The molecule has 0 bridgehead atoms. The monoisotopic (exact) mass is 429 g/mol. The van der Waals surface area contributed by atoms with Gasteiger partial charge in [-0.1, -0.05) is 54.1 Å². The summed E-state index contributed by atoms with van der Waals surface area (Å²) < 4.78 is 5.84. The normalized spacial score (nSPS) is 15.1. The van der Waals surface area contributed by atoms with Crippen molar-refractivity contribution in [2.24, 2.45) is 0 Å². The van der Waals surface area contributed by atoms with Crippen LogP contribution in [0.3, 0.4) is 0 Å². The lowest BCUT2D eigenvalue weighted by Crippen LogP contribution is -2.28. The third-order valence-electron chi connectivity index (χ3n) is 5.31. The number of carbonyl (C=O) groups is 2. The first-order valence-corrected chi connectivity index (χ1v) is 10.9. The fourth-order valence-electron chi connectivity index (χ4n) is 3.32. The molecule has 1 aliphatic rings. The van der Waals surface area contributed by atoms with Gasteiger partial charge in [0.1, 0.15) is 12.4 Å². The lowest BCUT2D eigenvalue weighted by atomic mass is 10.1. The van der Waals surface area contributed by atoms with Crippen molar-refractivity contribution in [3.05, 3.63) is 99.5 Å². The number of hydrogen-bond acceptors (Lipinski definition) is 4. The number of ether oxygens (including phenoxy) is 1. The largest absolute Gasteiger partial charge is 0.489 e. The lowest BCUT2D eigenvalue weighted by Gasteiger charge is -2.16. The van der Waals surface area contributed by atoms with Gasteiger partial charge in [0.25, 0.3) is 11.1 Å². The van der Waals surface area contributed by atoms with Gasteiger partial charge in [0.2, 0.25) is 0 Å². The molecule has 156 valence electrons. The predicted molar refractivity (Wildman–Crippen MR) is 126 cm³/mol. The number of benzene rings is 3. The minimum atomic E-state index is -0.289. The maximum Gasteiger partial charge on any atom is 0.298 e. The average molecular weight is 430 g/mol. The van der Waals surface area contributed by atoms with Crippen molar-refractivity contribution in [2.45, 2.75) is 27.4 Å². The Kier molecular flexibility index (Phi) is 5.96. The number of rotatable bonds is 5. The molecule has 3 aromatic carbocycles. The van der Waals surface area contributed by atoms with E-state index in [1.165, 1.54) is 10.5 Å². The van der Waals surface area contributed by atoms with Crippen molar-refractivity contribution in [3.8, 4) is 5.75 Å². The van der Waals surface area contributed by atoms with E-state index < -0.39 is 0 Å². The maximum atomic E-state index is 12.9. The van der Waals surface area contributed by atoms with Crippen LogP contribution in [0.1, 0.15) is 27.8 Å². The zero-order valence-electron chi connectivity index (χ0n) is 17.7. The third kappa shape index (κ3) is 4.57. The van der Waals surface area contributed by atoms with Crippen molar-refractivity contribution < 1.29 is 14.3 Å². The number of aryl methyl sites for hydroxylation is 2. The molecule has 4 rings (SSSR count). The van der Waals surface area contributed by atoms with Crippen LogP contribution < -0.4 is 9.64 Å². The minimum Gasteiger partial charge on any atom is -0.489 e. The van der Waals surface area contributed by atoms with Crippen molar-refractivity contribution in [1.29, 1.82) is 0 Å². The van der Waals surface area contributed by atoms with Gasteiger partial charge in [0.15, 0.2) is 0 Å². The second-order valence-corrected chi connectivity index (χ2v) is 8.57. The smallest absolute Gasteiger partial charge is 0.298 e. The molecule has 0 atom stereocenters. The molecule has 1 aliphatic heterocycles. The number of imide groups is 1. The van der Waals surface area contributed by atoms with Gasteiger partial charge in [-0.25, -0.2) is 4.90 Å². The maximum absolute atomic E-state index is 12.9. The summed E-state index contributed by atoms with van der Waals surface area (Å²) in [5.41, 5.74) is 5.78. The van der Waals surface area contributed by atoms with E-state index in [0.29, 0.717) is 17.2 Å². The van der Waals surface area contributed by atoms with Crippen LogP contribution in [0.4, 0.5) is 10.5 Å². The Hall–Kier alpha value is -3.31. The van der Waals surface area contributed by atoms with E-state index in [-0.39, 0.29) is 11.1 Å². The predicted octanol–water partition coefficient (Wildman–Crippen LogP) is 6.43. The first-order valence-electron chi connectivity index (χ1n) is 10.0. The van der Waals surface area contributed by atoms with E-state index in [4.69, 9.17) is 4.74 Å². The van der Waals surface area contributed by atoms with Gasteiger partial charge in [0.05, 0.1) is 10.6 Å². The molecule has 4 nitrogen and oxygen atoms in total. The van der Waals surface area contributed by atoms with Crippen molar-refractivity contribution in [3.63, 3.8) is 0 Å². The van der Waals surface area contributed by atoms with Gasteiger partial charge >= 0.3 is 0 Å². The number of nitrogens with zero attached hydrogens (tertiary/aromatic N) is 1. The highest BCUT2D eigenvalue weighted by atomic mass is 32.2. The van der Waals surface area contributed by atoms with Crippen LogP contribution in [0.15, 0.2) is 71.6 Å². The highest BCUT2D eigenvalue weighted by Gasteiger charge is 2.37. The van der Waals surface area contributed by atoms with Crippen molar-refractivity contribution >= 4 is 34.7 Å². The van der Waals surface area contributed by atoms with Crippen LogP contribution in [-0.2, 0) is 11.4 Å². The number of carbonyl (C=O) groups excluding carboxylic acids is 2. The zero-order chi connectivity index (χ0) is 22.0. The number of anilines is 1. The van der Waals surface area contributed by atoms with E-state index >= 15 is 0 Å². The lowest BCUT2D eigenvalue weighted by molar-refractivity contribution is -0.113. The summed E-state index contributed by atoms with van der Waals surface area (Å²) in [6.45, 7) is 6.44. The molecule has 0 aromatic heterocycles. The summed E-state index contributed by atoms with van der Waals surface area (Å²) in [7, 11) is 0. The third-order valence-corrected chi connectivity index (χ3v) is 6.18. The topological polar surface area (TPSA) is 46.6 Å². The van der Waals surface area contributed by atoms with Crippen LogP contribution in [0, 0.1) is 20.8 Å². The number of hydrogen-bond donors (Lipinski definition) is 0. The zero-order valence-corrected chi connectivity index (χ0v) is 18.5. The number of amides is 2. The first-order chi connectivity index (χ1) is 14.9. The minimum absolute atomic E-state index is 0.275. The molecule has 31 heavy (non-hydrogen) atoms. The molecule has 0 aliphatic carbocycles. The van der Waals surface area contributed by atoms with Crippen LogP contribution in [0.2, 0.25) is 0 Å². The Morgan fingerprint density at radius 2 is 1.61 bits per heavy atom. The molecule has 5 heteroatoms. The molecule has 1 fully saturated rings. The van der Waals surface area contributed by atoms with Gasteiger partial charge in [0, 0.05) is 0 Å². The fourth-order valence-corrected chi connectivity index (χ4v) is 4.15. The van der Waals surface area contributed by atoms with Gasteiger partial charge in [-0.2, -0.15) is 0 Å². The molecule has 0 radical (unpaired) electrons. The molecular weight excluding hydrogens is 406 g/mol. The standard InChI is InChI=1S/C26H23NO3S/c1-17-7-9-21(10-8-17)16-30-22-13-11-20(12-14-22)15-24-25(28)27(26(29)31-24)23-6-4-5-18(2)19(23)3/h4-15H,16H2,1-3H3/b24-15-. The average Bonchev–Trinajstić information content (AvgIpc) is 3.04. The summed E-state index contributed by atoms with van der Waals surface area (Å²) in [6.07, 6.45) is 1.75. The summed E-state index contributed by atoms with van der Waals surface area (Å²) in [6, 6.07) is 21.4. The van der Waals surface area contributed by atoms with Crippen LogP contribution in [-0.4, -0.2) is 11.1 Å². The second kappa shape index (κ2) is 8.82. The van der Waals surface area contributed by atoms with E-state index in [2.05, 4.69) is 31.2 Å². The quantitative estimate of drug-likeness (QED) is 0.438. The molecule has 1 heterocycles. The van der Waals surface area contributed by atoms with Gasteiger partial charge in [-0.3, -0.25) is 9.59 Å². The Morgan fingerprint density at radius 3 is 2.32 bits per heavy atom. The van der Waals surface area contributed by atoms with Gasteiger partial charge in [-0.15, -0.1) is 0 Å². The molecule has 3 aromatic rings. The van der Waals surface area contributed by atoms with Crippen molar-refractivity contribution in [1.82, 2.24) is 0 Å². The van der Waals surface area contributed by atoms with Crippen LogP contribution >= 0.6 is 11.8 Å². The van der Waals surface area contributed by atoms with E-state index in [1.54, 1.807) is 6.08 Å². The van der Waals surface area contributed by atoms with Crippen LogP contribution in [0.5, 0.6) is 5.75 Å². The van der Waals surface area contributed by atoms with Gasteiger partial charge in [-0.05, 0) is 79.1 Å². The molecule has 0 spiro atoms. The summed E-state index contributed by atoms with van der Waals surface area (Å²) in [5, 5.41) is -0.275. The van der Waals surface area contributed by atoms with E-state index in [0.717, 1.165) is 39.8 Å². The fraction of sp³-hybridized carbons (Fsp3) is 0.154. The Bertz CT molecular complexity index is 1160. The summed E-state index contributed by atoms with van der Waals surface area (Å²) >= 11 is 0.966. The highest BCUT2D eigenvalue weighted by Crippen LogP contribution is 2.37. The van der Waals surface area contributed by atoms with Crippen molar-refractivity contribution in [2.75, 3.05) is 4.90 Å².